The van der Waals surface area contributed by atoms with E-state index in [1.54, 1.807) is 27.0 Å². The third-order valence-electron chi connectivity index (χ3n) is 9.33. The number of nitrogens with one attached hydrogen (secondary N) is 7. The largest absolute Gasteiger partial charge is 0.381 e. The van der Waals surface area contributed by atoms with Gasteiger partial charge in [0, 0.05) is 49.7 Å². The quantitative estimate of drug-likeness (QED) is 0.0603. The first-order valence-electron chi connectivity index (χ1n) is 19.9. The highest BCUT2D eigenvalue weighted by Crippen LogP contribution is 2.11. The van der Waals surface area contributed by atoms with E-state index in [9.17, 15) is 28.8 Å². The first kappa shape index (κ1) is 46.6. The molecule has 308 valence electrons. The number of unbranched alkanes of at least 4 members (excludes halogenated alkanes) is 9. The van der Waals surface area contributed by atoms with Crippen molar-refractivity contribution >= 4 is 35.3 Å². The zero-order valence-electron chi connectivity index (χ0n) is 33.6. The van der Waals surface area contributed by atoms with E-state index in [1.807, 2.05) is 0 Å². The fraction of sp³-hybridized carbons (Fsp3) is 0.692. The molecular weight excluding hydrogens is 706 g/mol. The van der Waals surface area contributed by atoms with Crippen molar-refractivity contribution in [3.05, 3.63) is 36.4 Å². The Morgan fingerprint density at radius 2 is 1.13 bits per heavy atom. The summed E-state index contributed by atoms with van der Waals surface area (Å²) in [5.74, 6) is -3.48. The van der Waals surface area contributed by atoms with E-state index in [1.165, 1.54) is 84.1 Å². The number of hydrogen-bond donors (Lipinski definition) is 7. The number of rotatable bonds is 29. The van der Waals surface area contributed by atoms with Crippen LogP contribution in [0.15, 0.2) is 25.0 Å². The number of aromatic nitrogens is 4. The number of hydrogen-bond acceptors (Lipinski definition) is 9. The molecule has 0 saturated heterocycles. The van der Waals surface area contributed by atoms with Crippen molar-refractivity contribution in [1.82, 2.24) is 46.5 Å². The SMILES string of the molecule is CCCCCCCCCCCCOCCC(=O)N[C@@H](Cc1cnc[nH]1)C(=O)N[C@@H](C)C(=O)N[C@H](C(=O)N[C@@H](Cc1cnc[nH]1)C(=O)N[C@@H](C)C(C)=O)C(C)C. The van der Waals surface area contributed by atoms with E-state index in [0.29, 0.717) is 18.0 Å². The molecular formula is C39H65N9O7. The standard InChI is InChI=1S/C39H65N9O7/c1-7-8-9-10-11-12-13-14-15-16-18-55-19-17-34(50)46-32(20-30-22-40-24-42-30)37(52)45-28(5)36(51)48-35(26(2)3)39(54)47-33(21-31-23-41-25-43-31)38(53)44-27(4)29(6)49/h22-28,32-33,35H,7-21H2,1-6H3,(H,40,42)(H,41,43)(H,44,53)(H,45,52)(H,46,50)(H,47,54)(H,48,51)/t27-,28-,32-,33-,35-/m0/s1. The molecule has 5 amide bonds. The molecule has 2 aromatic rings. The minimum Gasteiger partial charge on any atom is -0.381 e. The second kappa shape index (κ2) is 26.2. The van der Waals surface area contributed by atoms with Gasteiger partial charge in [-0.05, 0) is 33.1 Å². The van der Waals surface area contributed by atoms with Crippen molar-refractivity contribution in [2.45, 2.75) is 155 Å². The Bertz CT molecular complexity index is 1430. The normalized spacial score (nSPS) is 13.9. The lowest BCUT2D eigenvalue weighted by Gasteiger charge is -2.27. The van der Waals surface area contributed by atoms with Crippen molar-refractivity contribution in [2.24, 2.45) is 5.92 Å². The summed E-state index contributed by atoms with van der Waals surface area (Å²) in [6, 6.07) is -5.04. The highest BCUT2D eigenvalue weighted by Gasteiger charge is 2.32. The average molecular weight is 772 g/mol. The molecule has 2 rings (SSSR count). The summed E-state index contributed by atoms with van der Waals surface area (Å²) >= 11 is 0. The van der Waals surface area contributed by atoms with Gasteiger partial charge in [-0.1, -0.05) is 78.6 Å². The smallest absolute Gasteiger partial charge is 0.243 e. The van der Waals surface area contributed by atoms with Crippen molar-refractivity contribution in [2.75, 3.05) is 13.2 Å². The van der Waals surface area contributed by atoms with Gasteiger partial charge in [-0.3, -0.25) is 28.8 Å². The fourth-order valence-electron chi connectivity index (χ4n) is 5.75. The van der Waals surface area contributed by atoms with Gasteiger partial charge in [0.1, 0.15) is 24.2 Å². The van der Waals surface area contributed by atoms with Crippen molar-refractivity contribution in [1.29, 1.82) is 0 Å². The van der Waals surface area contributed by atoms with E-state index in [0.717, 1.165) is 12.8 Å². The molecule has 5 atom stereocenters. The molecule has 55 heavy (non-hydrogen) atoms. The molecule has 0 fully saturated rings. The predicted octanol–water partition coefficient (Wildman–Crippen LogP) is 2.95. The van der Waals surface area contributed by atoms with Gasteiger partial charge in [0.05, 0.1) is 25.3 Å². The Labute approximate surface area is 325 Å². The van der Waals surface area contributed by atoms with Crippen LogP contribution in [0.25, 0.3) is 0 Å². The lowest BCUT2D eigenvalue weighted by Crippen LogP contribution is -2.59. The molecule has 0 aliphatic heterocycles. The van der Waals surface area contributed by atoms with Gasteiger partial charge in [-0.25, -0.2) is 9.97 Å². The molecule has 0 aliphatic carbocycles. The Morgan fingerprint density at radius 1 is 0.618 bits per heavy atom. The van der Waals surface area contributed by atoms with Crippen LogP contribution in [0.3, 0.4) is 0 Å². The van der Waals surface area contributed by atoms with Crippen LogP contribution in [0.5, 0.6) is 0 Å². The zero-order valence-corrected chi connectivity index (χ0v) is 33.6. The number of Topliss-reactive ketones (excluding diaryl/α,β-unsaturated/α-hetero) is 1. The Balaban J connectivity index is 1.91. The molecule has 0 spiro atoms. The molecule has 16 heteroatoms. The summed E-state index contributed by atoms with van der Waals surface area (Å²) in [5, 5.41) is 13.4. The summed E-state index contributed by atoms with van der Waals surface area (Å²) in [5.41, 5.74) is 1.18. The molecule has 0 aliphatic rings. The highest BCUT2D eigenvalue weighted by atomic mass is 16.5. The summed E-state index contributed by atoms with van der Waals surface area (Å²) < 4.78 is 5.68. The van der Waals surface area contributed by atoms with Gasteiger partial charge in [0.15, 0.2) is 5.78 Å². The lowest BCUT2D eigenvalue weighted by molar-refractivity contribution is -0.135. The third-order valence-corrected chi connectivity index (χ3v) is 9.33. The van der Waals surface area contributed by atoms with E-state index in [-0.39, 0.29) is 37.6 Å². The fourth-order valence-corrected chi connectivity index (χ4v) is 5.75. The number of aromatic amines is 2. The molecule has 2 heterocycles. The van der Waals surface area contributed by atoms with Crippen molar-refractivity contribution < 1.29 is 33.5 Å². The number of ether oxygens (including phenoxy) is 1. The number of nitrogens with zero attached hydrogens (tertiary/aromatic N) is 2. The van der Waals surface area contributed by atoms with Crippen molar-refractivity contribution in [3.8, 4) is 0 Å². The molecule has 0 bridgehead atoms. The predicted molar refractivity (Wildman–Crippen MR) is 208 cm³/mol. The molecule has 0 aromatic carbocycles. The monoisotopic (exact) mass is 772 g/mol. The van der Waals surface area contributed by atoms with Gasteiger partial charge in [0.2, 0.25) is 29.5 Å². The number of carbonyl (C=O) groups excluding carboxylic acids is 6. The second-order valence-corrected chi connectivity index (χ2v) is 14.6. The molecule has 16 nitrogen and oxygen atoms in total. The number of amides is 5. The first-order valence-corrected chi connectivity index (χ1v) is 19.9. The maximum absolute atomic E-state index is 13.5. The van der Waals surface area contributed by atoms with E-state index >= 15 is 0 Å². The summed E-state index contributed by atoms with van der Waals surface area (Å²) in [6.45, 7) is 10.8. The Hall–Kier alpha value is -4.60. The number of carbonyl (C=O) groups is 6. The Morgan fingerprint density at radius 3 is 1.62 bits per heavy atom. The van der Waals surface area contributed by atoms with Gasteiger partial charge in [-0.2, -0.15) is 0 Å². The van der Waals surface area contributed by atoms with Crippen LogP contribution >= 0.6 is 0 Å². The third kappa shape index (κ3) is 19.0. The van der Waals surface area contributed by atoms with E-state index in [2.05, 4.69) is 53.4 Å². The van der Waals surface area contributed by atoms with Gasteiger partial charge in [0.25, 0.3) is 0 Å². The lowest BCUT2D eigenvalue weighted by atomic mass is 10.0. The number of imidazole rings is 2. The number of H-pyrrole nitrogens is 2. The molecule has 0 unspecified atom stereocenters. The molecule has 7 N–H and O–H groups in total. The van der Waals surface area contributed by atoms with Crippen LogP contribution in [0.1, 0.15) is 124 Å². The second-order valence-electron chi connectivity index (χ2n) is 14.6. The van der Waals surface area contributed by atoms with Gasteiger partial charge >= 0.3 is 0 Å². The first-order chi connectivity index (χ1) is 26.3. The molecule has 0 saturated carbocycles. The van der Waals surface area contributed by atoms with Gasteiger partial charge in [-0.15, -0.1) is 0 Å². The Kier molecular flexibility index (Phi) is 22.2. The number of ketones is 1. The van der Waals surface area contributed by atoms with Crippen LogP contribution in [-0.4, -0.2) is 98.7 Å². The van der Waals surface area contributed by atoms with E-state index < -0.39 is 59.8 Å². The maximum Gasteiger partial charge on any atom is 0.243 e. The molecule has 2 aromatic heterocycles. The summed E-state index contributed by atoms with van der Waals surface area (Å²) in [6.07, 6.45) is 18.4. The van der Waals surface area contributed by atoms with Gasteiger partial charge < -0.3 is 41.3 Å². The zero-order chi connectivity index (χ0) is 40.6. The maximum atomic E-state index is 13.5. The average Bonchev–Trinajstić information content (AvgIpc) is 3.86. The minimum atomic E-state index is -1.09. The minimum absolute atomic E-state index is 0.0579. The van der Waals surface area contributed by atoms with Crippen molar-refractivity contribution in [3.63, 3.8) is 0 Å². The van der Waals surface area contributed by atoms with E-state index in [4.69, 9.17) is 4.74 Å². The van der Waals surface area contributed by atoms with Crippen LogP contribution in [-0.2, 0) is 46.3 Å². The van der Waals surface area contributed by atoms with Crippen LogP contribution in [0.4, 0.5) is 0 Å². The van der Waals surface area contributed by atoms with Crippen LogP contribution in [0, 0.1) is 5.92 Å². The van der Waals surface area contributed by atoms with Crippen LogP contribution < -0.4 is 26.6 Å². The summed E-state index contributed by atoms with van der Waals surface area (Å²) in [4.78, 5) is 91.8. The highest BCUT2D eigenvalue weighted by molar-refractivity contribution is 5.96. The van der Waals surface area contributed by atoms with Crippen LogP contribution in [0.2, 0.25) is 0 Å². The molecule has 0 radical (unpaired) electrons. The summed E-state index contributed by atoms with van der Waals surface area (Å²) in [7, 11) is 0. The topological polar surface area (TPSA) is 229 Å².